The molecule has 2 aromatic carbocycles. The van der Waals surface area contributed by atoms with Gasteiger partial charge in [0, 0.05) is 23.8 Å². The Balaban J connectivity index is 1.86. The fourth-order valence-corrected chi connectivity index (χ4v) is 4.11. The minimum absolute atomic E-state index is 0.105. The van der Waals surface area contributed by atoms with E-state index in [1.165, 1.54) is 24.8 Å². The van der Waals surface area contributed by atoms with Crippen molar-refractivity contribution in [3.8, 4) is 0 Å². The maximum Gasteiger partial charge on any atom is 0.420 e. The molecule has 0 saturated carbocycles. The molecule has 3 nitrogen and oxygen atoms in total. The molecule has 164 valence electrons. The maximum atomic E-state index is 13.5. The van der Waals surface area contributed by atoms with Gasteiger partial charge in [-0.2, -0.15) is 13.2 Å². The Bertz CT molecular complexity index is 977. The minimum Gasteiger partial charge on any atom is -0.314 e. The van der Waals surface area contributed by atoms with Crippen molar-refractivity contribution >= 4 is 23.4 Å². The minimum atomic E-state index is -4.52. The highest BCUT2D eigenvalue weighted by molar-refractivity contribution is 7.99. The van der Waals surface area contributed by atoms with Gasteiger partial charge in [-0.25, -0.2) is 9.97 Å². The number of alkyl halides is 3. The summed E-state index contributed by atoms with van der Waals surface area (Å²) in [5.41, 5.74) is 1.22. The van der Waals surface area contributed by atoms with Crippen LogP contribution in [0.3, 0.4) is 0 Å². The summed E-state index contributed by atoms with van der Waals surface area (Å²) in [5, 5.41) is -0.105. The molecule has 0 atom stereocenters. The molecule has 0 fully saturated rings. The zero-order valence-corrected chi connectivity index (χ0v) is 18.5. The van der Waals surface area contributed by atoms with Gasteiger partial charge >= 0.3 is 6.18 Å². The van der Waals surface area contributed by atoms with E-state index in [0.717, 1.165) is 36.5 Å². The third kappa shape index (κ3) is 6.47. The SMILES string of the molecule is CCCCCCc1cccc(N(C)c2ncc(C(F)(F)F)c(Sc3ccccc3)n2)c1. The van der Waals surface area contributed by atoms with Crippen molar-refractivity contribution in [3.63, 3.8) is 0 Å². The lowest BCUT2D eigenvalue weighted by atomic mass is 10.1. The molecule has 0 unspecified atom stereocenters. The van der Waals surface area contributed by atoms with Crippen molar-refractivity contribution in [1.82, 2.24) is 9.97 Å². The van der Waals surface area contributed by atoms with E-state index in [2.05, 4.69) is 29.0 Å². The second-order valence-corrected chi connectivity index (χ2v) is 8.40. The smallest absolute Gasteiger partial charge is 0.314 e. The van der Waals surface area contributed by atoms with E-state index in [-0.39, 0.29) is 11.0 Å². The Kier molecular flexibility index (Phi) is 7.96. The molecule has 0 spiro atoms. The number of aryl methyl sites for hydroxylation is 1. The average Bonchev–Trinajstić information content (AvgIpc) is 2.76. The number of anilines is 2. The lowest BCUT2D eigenvalue weighted by Crippen LogP contribution is -2.16. The van der Waals surface area contributed by atoms with Crippen molar-refractivity contribution in [1.29, 1.82) is 0 Å². The molecular formula is C24H26F3N3S. The zero-order chi connectivity index (χ0) is 22.3. The van der Waals surface area contributed by atoms with Crippen molar-refractivity contribution in [2.45, 2.75) is 55.1 Å². The Hall–Kier alpha value is -2.54. The predicted octanol–water partition coefficient (Wildman–Crippen LogP) is 7.54. The summed E-state index contributed by atoms with van der Waals surface area (Å²) in [6, 6.07) is 16.9. The first-order valence-corrected chi connectivity index (χ1v) is 11.2. The number of aromatic nitrogens is 2. The van der Waals surface area contributed by atoms with Crippen molar-refractivity contribution < 1.29 is 13.2 Å². The molecule has 7 heteroatoms. The van der Waals surface area contributed by atoms with Crippen LogP contribution in [0, 0.1) is 0 Å². The second-order valence-electron chi connectivity index (χ2n) is 7.34. The van der Waals surface area contributed by atoms with E-state index in [9.17, 15) is 13.2 Å². The number of hydrogen-bond donors (Lipinski definition) is 0. The lowest BCUT2D eigenvalue weighted by molar-refractivity contribution is -0.140. The van der Waals surface area contributed by atoms with Crippen LogP contribution >= 0.6 is 11.8 Å². The molecule has 0 radical (unpaired) electrons. The molecule has 0 aliphatic heterocycles. The number of halogens is 3. The molecule has 0 bridgehead atoms. The Labute approximate surface area is 185 Å². The first-order chi connectivity index (χ1) is 14.9. The Morgan fingerprint density at radius 3 is 2.45 bits per heavy atom. The summed E-state index contributed by atoms with van der Waals surface area (Å²) >= 11 is 0.989. The van der Waals surface area contributed by atoms with E-state index >= 15 is 0 Å². The van der Waals surface area contributed by atoms with E-state index in [4.69, 9.17) is 0 Å². The van der Waals surface area contributed by atoms with Crippen LogP contribution in [-0.4, -0.2) is 17.0 Å². The van der Waals surface area contributed by atoms with Crippen LogP contribution in [0.4, 0.5) is 24.8 Å². The number of hydrogen-bond acceptors (Lipinski definition) is 4. The zero-order valence-electron chi connectivity index (χ0n) is 17.7. The lowest BCUT2D eigenvalue weighted by Gasteiger charge is -2.20. The van der Waals surface area contributed by atoms with Crippen LogP contribution in [0.1, 0.15) is 43.7 Å². The molecular weight excluding hydrogens is 419 g/mol. The van der Waals surface area contributed by atoms with Crippen LogP contribution in [-0.2, 0) is 12.6 Å². The molecule has 0 N–H and O–H groups in total. The summed E-state index contributed by atoms with van der Waals surface area (Å²) in [6.45, 7) is 2.18. The topological polar surface area (TPSA) is 29.0 Å². The van der Waals surface area contributed by atoms with Gasteiger partial charge in [-0.3, -0.25) is 0 Å². The van der Waals surface area contributed by atoms with E-state index in [1.807, 2.05) is 18.2 Å². The number of nitrogens with zero attached hydrogens (tertiary/aromatic N) is 3. The molecule has 1 heterocycles. The van der Waals surface area contributed by atoms with Gasteiger partial charge in [0.15, 0.2) is 0 Å². The van der Waals surface area contributed by atoms with Gasteiger partial charge in [0.05, 0.1) is 0 Å². The van der Waals surface area contributed by atoms with Gasteiger partial charge in [-0.1, -0.05) is 68.3 Å². The Morgan fingerprint density at radius 2 is 1.74 bits per heavy atom. The van der Waals surface area contributed by atoms with Gasteiger partial charge in [-0.15, -0.1) is 0 Å². The van der Waals surface area contributed by atoms with Crippen molar-refractivity contribution in [2.24, 2.45) is 0 Å². The van der Waals surface area contributed by atoms with Gasteiger partial charge in [0.2, 0.25) is 5.95 Å². The highest BCUT2D eigenvalue weighted by Gasteiger charge is 2.35. The monoisotopic (exact) mass is 445 g/mol. The van der Waals surface area contributed by atoms with E-state index in [0.29, 0.717) is 4.90 Å². The highest BCUT2D eigenvalue weighted by atomic mass is 32.2. The molecule has 0 saturated heterocycles. The molecule has 1 aromatic heterocycles. The fraction of sp³-hybridized carbons (Fsp3) is 0.333. The molecule has 3 aromatic rings. The third-order valence-electron chi connectivity index (χ3n) is 4.92. The largest absolute Gasteiger partial charge is 0.420 e. The summed E-state index contributed by atoms with van der Waals surface area (Å²) in [4.78, 5) is 10.7. The van der Waals surface area contributed by atoms with Crippen LogP contribution in [0.5, 0.6) is 0 Å². The van der Waals surface area contributed by atoms with Crippen LogP contribution in [0.2, 0.25) is 0 Å². The first-order valence-electron chi connectivity index (χ1n) is 10.4. The predicted molar refractivity (Wildman–Crippen MR) is 120 cm³/mol. The third-order valence-corrected chi connectivity index (χ3v) is 5.93. The van der Waals surface area contributed by atoms with E-state index < -0.39 is 11.7 Å². The Morgan fingerprint density at radius 1 is 0.968 bits per heavy atom. The summed E-state index contributed by atoms with van der Waals surface area (Å²) in [6.07, 6.45) is 2.06. The standard InChI is InChI=1S/C24H26F3N3S/c1-3-4-5-7-11-18-12-10-13-19(16-18)30(2)23-28-17-21(24(25,26)27)22(29-23)31-20-14-8-6-9-15-20/h6,8-10,12-17H,3-5,7,11H2,1-2H3. The number of unbranched alkanes of at least 4 members (excludes halogenated alkanes) is 3. The quantitative estimate of drug-likeness (QED) is 0.251. The van der Waals surface area contributed by atoms with Crippen LogP contribution in [0.25, 0.3) is 0 Å². The van der Waals surface area contributed by atoms with Gasteiger partial charge in [0.1, 0.15) is 10.6 Å². The van der Waals surface area contributed by atoms with Crippen molar-refractivity contribution in [2.75, 3.05) is 11.9 Å². The second kappa shape index (κ2) is 10.7. The molecule has 0 aliphatic rings. The van der Waals surface area contributed by atoms with Gasteiger partial charge < -0.3 is 4.90 Å². The number of benzene rings is 2. The molecule has 31 heavy (non-hydrogen) atoms. The summed E-state index contributed by atoms with van der Waals surface area (Å²) < 4.78 is 40.6. The highest BCUT2D eigenvalue weighted by Crippen LogP contribution is 2.39. The van der Waals surface area contributed by atoms with Crippen molar-refractivity contribution in [3.05, 3.63) is 71.9 Å². The van der Waals surface area contributed by atoms with Crippen LogP contribution < -0.4 is 4.90 Å². The van der Waals surface area contributed by atoms with E-state index in [1.54, 1.807) is 36.2 Å². The normalized spacial score (nSPS) is 11.5. The first kappa shape index (κ1) is 23.1. The van der Waals surface area contributed by atoms with Crippen LogP contribution in [0.15, 0.2) is 70.7 Å². The maximum absolute atomic E-state index is 13.5. The molecule has 0 aliphatic carbocycles. The molecule has 3 rings (SSSR count). The van der Waals surface area contributed by atoms with Gasteiger partial charge in [-0.05, 0) is 42.7 Å². The summed E-state index contributed by atoms with van der Waals surface area (Å²) in [5.74, 6) is 0.231. The summed E-state index contributed by atoms with van der Waals surface area (Å²) in [7, 11) is 1.77. The number of rotatable bonds is 9. The fourth-order valence-electron chi connectivity index (χ4n) is 3.18. The molecule has 0 amide bonds. The van der Waals surface area contributed by atoms with Gasteiger partial charge in [0.25, 0.3) is 0 Å². The average molecular weight is 446 g/mol.